The second-order valence-corrected chi connectivity index (χ2v) is 10.5. The Balaban J connectivity index is 1.70. The number of hydrogen-bond donors (Lipinski definition) is 1. The minimum Gasteiger partial charge on any atom is -0.490 e. The fourth-order valence-corrected chi connectivity index (χ4v) is 5.45. The first kappa shape index (κ1) is 28.7. The van der Waals surface area contributed by atoms with Gasteiger partial charge < -0.3 is 14.6 Å². The maximum atomic E-state index is 13.2. The number of carboxylic acids is 1. The van der Waals surface area contributed by atoms with Crippen molar-refractivity contribution >= 4 is 46.3 Å². The van der Waals surface area contributed by atoms with Gasteiger partial charge >= 0.3 is 5.97 Å². The molecule has 6 nitrogen and oxygen atoms in total. The van der Waals surface area contributed by atoms with Crippen molar-refractivity contribution in [3.05, 3.63) is 64.6 Å². The van der Waals surface area contributed by atoms with Crippen LogP contribution in [-0.2, 0) is 16.0 Å². The Bertz CT molecular complexity index is 1100. The zero-order chi connectivity index (χ0) is 26.6. The highest BCUT2D eigenvalue weighted by atomic mass is 32.2. The van der Waals surface area contributed by atoms with Crippen LogP contribution in [0.25, 0.3) is 6.08 Å². The molecule has 0 saturated carbocycles. The summed E-state index contributed by atoms with van der Waals surface area (Å²) in [7, 11) is 0. The van der Waals surface area contributed by atoms with Crippen molar-refractivity contribution in [2.45, 2.75) is 64.8 Å². The van der Waals surface area contributed by atoms with Crippen LogP contribution in [0.2, 0.25) is 0 Å². The topological polar surface area (TPSA) is 76.1 Å². The van der Waals surface area contributed by atoms with Crippen molar-refractivity contribution in [3.63, 3.8) is 0 Å². The number of rotatable bonds is 15. The van der Waals surface area contributed by atoms with E-state index >= 15 is 0 Å². The van der Waals surface area contributed by atoms with Gasteiger partial charge in [-0.05, 0) is 42.7 Å². The fraction of sp³-hybridized carbons (Fsp3) is 0.414. The van der Waals surface area contributed by atoms with Gasteiger partial charge in [-0.25, -0.2) is 4.79 Å². The van der Waals surface area contributed by atoms with E-state index in [4.69, 9.17) is 21.7 Å². The predicted octanol–water partition coefficient (Wildman–Crippen LogP) is 6.72. The summed E-state index contributed by atoms with van der Waals surface area (Å²) < 4.78 is 12.0. The molecule has 0 radical (unpaired) electrons. The highest BCUT2D eigenvalue weighted by Gasteiger charge is 2.40. The lowest BCUT2D eigenvalue weighted by Crippen LogP contribution is -2.45. The molecule has 198 valence electrons. The molecule has 1 aliphatic rings. The second-order valence-electron chi connectivity index (χ2n) is 8.85. The number of benzene rings is 2. The number of aliphatic carboxylic acids is 1. The van der Waals surface area contributed by atoms with Crippen molar-refractivity contribution < 1.29 is 24.2 Å². The summed E-state index contributed by atoms with van der Waals surface area (Å²) in [5.41, 5.74) is 1.58. The Hall–Kier alpha value is -2.84. The van der Waals surface area contributed by atoms with Gasteiger partial charge in [0.25, 0.3) is 5.91 Å². The number of thioether (sulfide) groups is 1. The zero-order valence-corrected chi connectivity index (χ0v) is 23.1. The van der Waals surface area contributed by atoms with E-state index in [1.54, 1.807) is 6.08 Å². The Morgan fingerprint density at radius 1 is 1.03 bits per heavy atom. The molecule has 1 N–H and O–H groups in total. The lowest BCUT2D eigenvalue weighted by molar-refractivity contribution is -0.145. The third-order valence-corrected chi connectivity index (χ3v) is 7.34. The standard InChI is InChI=1S/C29H35NO5S2/c1-3-5-6-7-8-12-17-35-24-16-15-22(19-25(24)34-4-2)20-26-27(31)30(29(36)37-26)23(28(32)33)18-21-13-10-9-11-14-21/h9-11,13-16,19-20,23H,3-8,12,17-18H2,1-2H3,(H,32,33)/b26-20+. The molecule has 1 heterocycles. The predicted molar refractivity (Wildman–Crippen MR) is 153 cm³/mol. The number of hydrogen-bond acceptors (Lipinski definition) is 6. The normalized spacial score (nSPS) is 15.3. The molecule has 0 aliphatic carbocycles. The fourth-order valence-electron chi connectivity index (χ4n) is 4.09. The number of unbranched alkanes of at least 4 members (excludes halogenated alkanes) is 5. The van der Waals surface area contributed by atoms with E-state index in [2.05, 4.69) is 6.92 Å². The first-order valence-corrected chi connectivity index (χ1v) is 14.1. The number of carbonyl (C=O) groups excluding carboxylic acids is 1. The van der Waals surface area contributed by atoms with E-state index in [1.807, 2.05) is 55.5 Å². The molecular weight excluding hydrogens is 506 g/mol. The minimum atomic E-state index is -1.09. The lowest BCUT2D eigenvalue weighted by atomic mass is 10.0. The van der Waals surface area contributed by atoms with Gasteiger partial charge in [-0.15, -0.1) is 0 Å². The second kappa shape index (κ2) is 14.8. The minimum absolute atomic E-state index is 0.176. The SMILES string of the molecule is CCCCCCCCOc1ccc(/C=C2/SC(=S)N(C(Cc3ccccc3)C(=O)O)C2=O)cc1OCC. The molecule has 0 bridgehead atoms. The van der Waals surface area contributed by atoms with Crippen LogP contribution in [0.15, 0.2) is 53.4 Å². The summed E-state index contributed by atoms with van der Waals surface area (Å²) in [6, 6.07) is 13.7. The Morgan fingerprint density at radius 3 is 2.46 bits per heavy atom. The Morgan fingerprint density at radius 2 is 1.76 bits per heavy atom. The monoisotopic (exact) mass is 541 g/mol. The average Bonchev–Trinajstić information content (AvgIpc) is 3.16. The summed E-state index contributed by atoms with van der Waals surface area (Å²) in [6.07, 6.45) is 9.04. The Labute approximate surface area is 229 Å². The molecule has 1 amide bonds. The highest BCUT2D eigenvalue weighted by Crippen LogP contribution is 2.36. The molecule has 1 saturated heterocycles. The van der Waals surface area contributed by atoms with E-state index in [-0.39, 0.29) is 10.7 Å². The van der Waals surface area contributed by atoms with Gasteiger partial charge in [-0.3, -0.25) is 9.69 Å². The van der Waals surface area contributed by atoms with Crippen LogP contribution in [-0.4, -0.2) is 45.5 Å². The van der Waals surface area contributed by atoms with E-state index in [9.17, 15) is 14.7 Å². The number of carbonyl (C=O) groups is 2. The summed E-state index contributed by atoms with van der Waals surface area (Å²) in [5.74, 6) is -0.203. The van der Waals surface area contributed by atoms with Crippen LogP contribution in [0.4, 0.5) is 0 Å². The summed E-state index contributed by atoms with van der Waals surface area (Å²) >= 11 is 6.54. The highest BCUT2D eigenvalue weighted by molar-refractivity contribution is 8.26. The summed E-state index contributed by atoms with van der Waals surface area (Å²) in [6.45, 7) is 5.23. The molecule has 0 aromatic heterocycles. The third-order valence-electron chi connectivity index (χ3n) is 6.01. The summed E-state index contributed by atoms with van der Waals surface area (Å²) in [5, 5.41) is 9.86. The maximum absolute atomic E-state index is 13.2. The quantitative estimate of drug-likeness (QED) is 0.152. The van der Waals surface area contributed by atoms with Crippen LogP contribution in [0.3, 0.4) is 0 Å². The third kappa shape index (κ3) is 8.33. The van der Waals surface area contributed by atoms with Gasteiger partial charge in [0.15, 0.2) is 11.5 Å². The number of nitrogens with zero attached hydrogens (tertiary/aromatic N) is 1. The van der Waals surface area contributed by atoms with Gasteiger partial charge in [0.05, 0.1) is 18.1 Å². The smallest absolute Gasteiger partial charge is 0.327 e. The largest absolute Gasteiger partial charge is 0.490 e. The van der Waals surface area contributed by atoms with Crippen molar-refractivity contribution in [2.75, 3.05) is 13.2 Å². The lowest BCUT2D eigenvalue weighted by Gasteiger charge is -2.23. The molecule has 1 aliphatic heterocycles. The molecule has 0 spiro atoms. The van der Waals surface area contributed by atoms with Gasteiger partial charge in [0, 0.05) is 6.42 Å². The average molecular weight is 542 g/mol. The van der Waals surface area contributed by atoms with E-state index < -0.39 is 17.9 Å². The molecule has 8 heteroatoms. The molecule has 1 fully saturated rings. The number of carboxylic acid groups (broad SMARTS) is 1. The molecule has 3 rings (SSSR count). The molecular formula is C29H35NO5S2. The van der Waals surface area contributed by atoms with Gasteiger partial charge in [-0.1, -0.05) is 99.4 Å². The first-order valence-electron chi connectivity index (χ1n) is 12.9. The molecule has 1 unspecified atom stereocenters. The van der Waals surface area contributed by atoms with Crippen LogP contribution >= 0.6 is 24.0 Å². The number of ether oxygens (including phenoxy) is 2. The maximum Gasteiger partial charge on any atom is 0.327 e. The van der Waals surface area contributed by atoms with Crippen LogP contribution in [0.1, 0.15) is 63.5 Å². The van der Waals surface area contributed by atoms with Gasteiger partial charge in [0.2, 0.25) is 0 Å². The molecule has 2 aromatic carbocycles. The number of amides is 1. The molecule has 1 atom stereocenters. The first-order chi connectivity index (χ1) is 17.9. The Kier molecular flexibility index (Phi) is 11.5. The van der Waals surface area contributed by atoms with E-state index in [1.165, 1.54) is 30.6 Å². The van der Waals surface area contributed by atoms with Crippen LogP contribution < -0.4 is 9.47 Å². The molecule has 37 heavy (non-hydrogen) atoms. The van der Waals surface area contributed by atoms with Crippen LogP contribution in [0.5, 0.6) is 11.5 Å². The zero-order valence-electron chi connectivity index (χ0n) is 21.5. The van der Waals surface area contributed by atoms with Crippen LogP contribution in [0, 0.1) is 0 Å². The molecule has 2 aromatic rings. The van der Waals surface area contributed by atoms with Gasteiger partial charge in [-0.2, -0.15) is 0 Å². The van der Waals surface area contributed by atoms with E-state index in [0.717, 1.165) is 35.7 Å². The van der Waals surface area contributed by atoms with Crippen molar-refractivity contribution in [1.82, 2.24) is 4.90 Å². The van der Waals surface area contributed by atoms with Crippen molar-refractivity contribution in [2.24, 2.45) is 0 Å². The summed E-state index contributed by atoms with van der Waals surface area (Å²) in [4.78, 5) is 26.9. The van der Waals surface area contributed by atoms with Crippen molar-refractivity contribution in [3.8, 4) is 11.5 Å². The van der Waals surface area contributed by atoms with Gasteiger partial charge in [0.1, 0.15) is 10.4 Å². The number of thiocarbonyl (C=S) groups is 1. The van der Waals surface area contributed by atoms with Crippen molar-refractivity contribution in [1.29, 1.82) is 0 Å². The van der Waals surface area contributed by atoms with E-state index in [0.29, 0.717) is 29.6 Å².